The van der Waals surface area contributed by atoms with E-state index in [1.807, 2.05) is 24.3 Å². The molecule has 0 aliphatic rings. The van der Waals surface area contributed by atoms with Crippen molar-refractivity contribution in [3.63, 3.8) is 0 Å². The highest BCUT2D eigenvalue weighted by Crippen LogP contribution is 2.32. The van der Waals surface area contributed by atoms with Crippen LogP contribution in [0, 0.1) is 19.7 Å². The fraction of sp³-hybridized carbons (Fsp3) is 0.121. The van der Waals surface area contributed by atoms with Crippen LogP contribution < -0.4 is 20.2 Å². The van der Waals surface area contributed by atoms with Crippen molar-refractivity contribution in [3.05, 3.63) is 129 Å². The van der Waals surface area contributed by atoms with E-state index < -0.39 is 17.6 Å². The lowest BCUT2D eigenvalue weighted by Gasteiger charge is -2.12. The Morgan fingerprint density at radius 3 is 2.40 bits per heavy atom. The Balaban J connectivity index is 1.15. The normalized spacial score (nSPS) is 11.0. The summed E-state index contributed by atoms with van der Waals surface area (Å²) in [5, 5.41) is 6.98. The smallest absolute Gasteiger partial charge is 0.307 e. The van der Waals surface area contributed by atoms with Crippen molar-refractivity contribution >= 4 is 51.2 Å². The van der Waals surface area contributed by atoms with Crippen LogP contribution in [0.1, 0.15) is 33.3 Å². The van der Waals surface area contributed by atoms with E-state index in [-0.39, 0.29) is 24.7 Å². The molecule has 2 aromatic heterocycles. The zero-order chi connectivity index (χ0) is 31.9. The van der Waals surface area contributed by atoms with Crippen LogP contribution in [0.4, 0.5) is 10.1 Å². The molecule has 9 nitrogen and oxygen atoms in total. The molecule has 0 atom stereocenters. The minimum Gasteiger partial charge on any atom is -0.486 e. The summed E-state index contributed by atoms with van der Waals surface area (Å²) in [4.78, 5) is 25.0. The number of carbonyl (C=O) groups is 2. The molecule has 45 heavy (non-hydrogen) atoms. The number of halogens is 3. The van der Waals surface area contributed by atoms with Crippen molar-refractivity contribution in [2.75, 3.05) is 11.9 Å². The Morgan fingerprint density at radius 2 is 1.69 bits per heavy atom. The maximum absolute atomic E-state index is 13.1. The highest BCUT2D eigenvalue weighted by atomic mass is 79.9. The number of hydrazone groups is 1. The van der Waals surface area contributed by atoms with Crippen LogP contribution in [0.3, 0.4) is 0 Å². The molecule has 2 heterocycles. The van der Waals surface area contributed by atoms with E-state index in [2.05, 4.69) is 62.3 Å². The van der Waals surface area contributed by atoms with E-state index in [1.165, 1.54) is 36.5 Å². The monoisotopic (exact) mass is 692 g/mol. The standard InChI is InChI=1S/C33H27BrClFN4O5/c1-20-3-4-21(2)40(20)26-9-11-27(12-10-26)43-18-28-13-14-30(45-28)33(42)39-37-17-22-15-23(35)16-29(34)32(22)44-19-31(41)38-25-7-5-24(36)6-8-25/h3-17H,18-19H2,1-2H3,(H,38,41)(H,39,42)/b37-17+. The quantitative estimate of drug-likeness (QED) is 0.109. The molecule has 5 aromatic rings. The zero-order valence-electron chi connectivity index (χ0n) is 24.1. The van der Waals surface area contributed by atoms with Crippen LogP contribution in [0.15, 0.2) is 98.9 Å². The van der Waals surface area contributed by atoms with Crippen molar-refractivity contribution in [3.8, 4) is 17.2 Å². The van der Waals surface area contributed by atoms with Gasteiger partial charge >= 0.3 is 5.91 Å². The largest absolute Gasteiger partial charge is 0.486 e. The predicted molar refractivity (Wildman–Crippen MR) is 173 cm³/mol. The minimum atomic E-state index is -0.582. The van der Waals surface area contributed by atoms with Crippen LogP contribution in [-0.4, -0.2) is 29.2 Å². The van der Waals surface area contributed by atoms with Gasteiger partial charge in [-0.1, -0.05) is 11.6 Å². The molecular formula is C33H27BrClFN4O5. The van der Waals surface area contributed by atoms with E-state index in [0.29, 0.717) is 32.3 Å². The summed E-state index contributed by atoms with van der Waals surface area (Å²) in [6, 6.07) is 23.5. The molecule has 0 bridgehead atoms. The molecule has 0 spiro atoms. The molecule has 2 amide bonds. The van der Waals surface area contributed by atoms with Gasteiger partial charge in [-0.05, 0) is 115 Å². The van der Waals surface area contributed by atoms with Gasteiger partial charge in [0.15, 0.2) is 12.4 Å². The van der Waals surface area contributed by atoms with Gasteiger partial charge in [0.05, 0.1) is 10.7 Å². The first-order valence-corrected chi connectivity index (χ1v) is 14.8. The number of benzene rings is 3. The molecule has 0 saturated carbocycles. The number of rotatable bonds is 11. The van der Waals surface area contributed by atoms with Crippen LogP contribution in [0.5, 0.6) is 11.5 Å². The fourth-order valence-corrected chi connectivity index (χ4v) is 5.36. The molecule has 0 aliphatic heterocycles. The number of amides is 2. The fourth-order valence-electron chi connectivity index (χ4n) is 4.41. The number of hydrogen-bond donors (Lipinski definition) is 2. The van der Waals surface area contributed by atoms with Gasteiger partial charge in [0, 0.05) is 33.3 Å². The second-order valence-corrected chi connectivity index (χ2v) is 11.1. The van der Waals surface area contributed by atoms with Crippen molar-refractivity contribution < 1.29 is 27.9 Å². The molecular weight excluding hydrogens is 667 g/mol. The third-order valence-corrected chi connectivity index (χ3v) is 7.32. The molecule has 230 valence electrons. The minimum absolute atomic E-state index is 0.0425. The average molecular weight is 694 g/mol. The summed E-state index contributed by atoms with van der Waals surface area (Å²) < 4.78 is 32.9. The van der Waals surface area contributed by atoms with Gasteiger partial charge in [-0.2, -0.15) is 5.10 Å². The van der Waals surface area contributed by atoms with Crippen molar-refractivity contribution in [2.24, 2.45) is 5.10 Å². The van der Waals surface area contributed by atoms with E-state index in [0.717, 1.165) is 17.1 Å². The summed E-state index contributed by atoms with van der Waals surface area (Å²) in [5.41, 5.74) is 6.54. The van der Waals surface area contributed by atoms with Crippen molar-refractivity contribution in [1.82, 2.24) is 9.99 Å². The average Bonchev–Trinajstić information content (AvgIpc) is 3.63. The van der Waals surface area contributed by atoms with E-state index in [4.69, 9.17) is 25.5 Å². The lowest BCUT2D eigenvalue weighted by molar-refractivity contribution is -0.118. The van der Waals surface area contributed by atoms with E-state index >= 15 is 0 Å². The number of nitrogens with one attached hydrogen (secondary N) is 2. The molecule has 12 heteroatoms. The van der Waals surface area contributed by atoms with Crippen molar-refractivity contribution in [2.45, 2.75) is 20.5 Å². The Bertz CT molecular complexity index is 1830. The zero-order valence-corrected chi connectivity index (χ0v) is 26.5. The number of hydrogen-bond acceptors (Lipinski definition) is 6. The number of furan rings is 1. The van der Waals surface area contributed by atoms with E-state index in [9.17, 15) is 14.0 Å². The third-order valence-electron chi connectivity index (χ3n) is 6.52. The summed E-state index contributed by atoms with van der Waals surface area (Å²) in [6.07, 6.45) is 1.33. The number of carbonyl (C=O) groups excluding carboxylic acids is 2. The second kappa shape index (κ2) is 14.3. The molecule has 0 saturated heterocycles. The Kier molecular flexibility index (Phi) is 10.0. The first-order valence-electron chi connectivity index (χ1n) is 13.6. The number of ether oxygens (including phenoxy) is 2. The third kappa shape index (κ3) is 8.20. The Morgan fingerprint density at radius 1 is 0.978 bits per heavy atom. The molecule has 5 rings (SSSR count). The molecule has 0 unspecified atom stereocenters. The molecule has 0 fully saturated rings. The first-order chi connectivity index (χ1) is 21.7. The van der Waals surface area contributed by atoms with Gasteiger partial charge < -0.3 is 23.8 Å². The number of aryl methyl sites for hydroxylation is 2. The van der Waals surface area contributed by atoms with Crippen LogP contribution >= 0.6 is 27.5 Å². The maximum atomic E-state index is 13.1. The van der Waals surface area contributed by atoms with Gasteiger partial charge in [0.25, 0.3) is 5.91 Å². The van der Waals surface area contributed by atoms with Crippen LogP contribution in [0.2, 0.25) is 5.02 Å². The molecule has 3 aromatic carbocycles. The van der Waals surface area contributed by atoms with Crippen molar-refractivity contribution in [1.29, 1.82) is 0 Å². The Labute approximate surface area is 271 Å². The molecule has 2 N–H and O–H groups in total. The van der Waals surface area contributed by atoms with Gasteiger partial charge in [-0.15, -0.1) is 0 Å². The van der Waals surface area contributed by atoms with Crippen LogP contribution in [-0.2, 0) is 11.4 Å². The Hall–Kier alpha value is -4.87. The number of aromatic nitrogens is 1. The molecule has 0 aliphatic carbocycles. The van der Waals surface area contributed by atoms with Gasteiger partial charge in [-0.3, -0.25) is 9.59 Å². The van der Waals surface area contributed by atoms with Gasteiger partial charge in [0.2, 0.25) is 0 Å². The topological polar surface area (TPSA) is 107 Å². The summed E-state index contributed by atoms with van der Waals surface area (Å²) >= 11 is 9.56. The maximum Gasteiger partial charge on any atom is 0.307 e. The second-order valence-electron chi connectivity index (χ2n) is 9.85. The first kappa shape index (κ1) is 31.6. The van der Waals surface area contributed by atoms with Crippen LogP contribution in [0.25, 0.3) is 5.69 Å². The highest BCUT2D eigenvalue weighted by molar-refractivity contribution is 9.10. The number of anilines is 1. The summed E-state index contributed by atoms with van der Waals surface area (Å²) in [7, 11) is 0. The van der Waals surface area contributed by atoms with E-state index in [1.54, 1.807) is 18.2 Å². The SMILES string of the molecule is Cc1ccc(C)n1-c1ccc(OCc2ccc(C(=O)N/N=C/c3cc(Cl)cc(Br)c3OCC(=O)Nc3ccc(F)cc3)o2)cc1. The van der Waals surface area contributed by atoms with Gasteiger partial charge in [-0.25, -0.2) is 9.82 Å². The van der Waals surface area contributed by atoms with Gasteiger partial charge in [0.1, 0.15) is 29.7 Å². The number of nitrogens with zero attached hydrogens (tertiary/aromatic N) is 2. The predicted octanol–water partition coefficient (Wildman–Crippen LogP) is 7.60. The molecule has 0 radical (unpaired) electrons. The highest BCUT2D eigenvalue weighted by Gasteiger charge is 2.14. The summed E-state index contributed by atoms with van der Waals surface area (Å²) in [6.45, 7) is 3.89. The summed E-state index contributed by atoms with van der Waals surface area (Å²) in [5.74, 6) is -0.0251. The lowest BCUT2D eigenvalue weighted by Crippen LogP contribution is -2.21. The lowest BCUT2D eigenvalue weighted by atomic mass is 10.2.